The summed E-state index contributed by atoms with van der Waals surface area (Å²) in [6.07, 6.45) is 3.27. The predicted molar refractivity (Wildman–Crippen MR) is 115 cm³/mol. The van der Waals surface area contributed by atoms with E-state index in [0.717, 1.165) is 25.9 Å². The van der Waals surface area contributed by atoms with Crippen molar-refractivity contribution >= 4 is 11.6 Å². The van der Waals surface area contributed by atoms with Crippen LogP contribution in [0.25, 0.3) is 0 Å². The summed E-state index contributed by atoms with van der Waals surface area (Å²) >= 11 is 0. The highest BCUT2D eigenvalue weighted by Gasteiger charge is 2.18. The van der Waals surface area contributed by atoms with E-state index in [1.54, 1.807) is 0 Å². The quantitative estimate of drug-likeness (QED) is 0.650. The zero-order chi connectivity index (χ0) is 20.7. The minimum absolute atomic E-state index is 0.0589. The van der Waals surface area contributed by atoms with Gasteiger partial charge in [0.15, 0.2) is 6.61 Å². The van der Waals surface area contributed by atoms with Gasteiger partial charge in [0.2, 0.25) is 0 Å². The molecule has 0 saturated carbocycles. The van der Waals surface area contributed by atoms with E-state index >= 15 is 0 Å². The fourth-order valence-electron chi connectivity index (χ4n) is 3.20. The molecule has 3 rings (SSSR count). The lowest BCUT2D eigenvalue weighted by Crippen LogP contribution is -2.21. The number of hydrogen-bond donors (Lipinski definition) is 1. The fourth-order valence-corrected chi connectivity index (χ4v) is 3.20. The van der Waals surface area contributed by atoms with Crippen LogP contribution in [0.3, 0.4) is 0 Å². The smallest absolute Gasteiger partial charge is 0.262 e. The van der Waals surface area contributed by atoms with Gasteiger partial charge < -0.3 is 19.5 Å². The number of hydrogen-bond acceptors (Lipinski definition) is 4. The summed E-state index contributed by atoms with van der Waals surface area (Å²) < 4.78 is 17.1. The summed E-state index contributed by atoms with van der Waals surface area (Å²) in [5.74, 6) is 1.09. The standard InChI is InChI=1S/C24H31NO4/c1-4-24(2,3)18-11-13-19(14-12-18)28-17-23(26)25-21-9-5-6-10-22(21)29-16-20-8-7-15-27-20/h5-6,9-14,20H,4,7-8,15-17H2,1-3H3,(H,25,26). The average Bonchev–Trinajstić information content (AvgIpc) is 3.25. The Morgan fingerprint density at radius 1 is 1.14 bits per heavy atom. The first-order chi connectivity index (χ1) is 14.0. The maximum atomic E-state index is 12.4. The Morgan fingerprint density at radius 2 is 1.90 bits per heavy atom. The van der Waals surface area contributed by atoms with E-state index in [1.807, 2.05) is 36.4 Å². The number of para-hydroxylation sites is 2. The molecule has 5 nitrogen and oxygen atoms in total. The summed E-state index contributed by atoms with van der Waals surface area (Å²) in [5, 5.41) is 2.87. The van der Waals surface area contributed by atoms with E-state index in [-0.39, 0.29) is 24.0 Å². The molecule has 1 fully saturated rings. The van der Waals surface area contributed by atoms with Gasteiger partial charge in [0.25, 0.3) is 5.91 Å². The van der Waals surface area contributed by atoms with Gasteiger partial charge in [-0.05, 0) is 54.5 Å². The van der Waals surface area contributed by atoms with Gasteiger partial charge in [0.05, 0.1) is 11.8 Å². The first-order valence-corrected chi connectivity index (χ1v) is 10.3. The number of amides is 1. The van der Waals surface area contributed by atoms with Crippen LogP contribution < -0.4 is 14.8 Å². The predicted octanol–water partition coefficient (Wildman–Crippen LogP) is 4.95. The molecule has 2 aromatic carbocycles. The summed E-state index contributed by atoms with van der Waals surface area (Å²) in [5.41, 5.74) is 2.02. The molecule has 1 amide bonds. The second kappa shape index (κ2) is 9.79. The van der Waals surface area contributed by atoms with Gasteiger partial charge in [-0.2, -0.15) is 0 Å². The topological polar surface area (TPSA) is 56.8 Å². The highest BCUT2D eigenvalue weighted by molar-refractivity contribution is 5.93. The maximum Gasteiger partial charge on any atom is 0.262 e. The van der Waals surface area contributed by atoms with Crippen molar-refractivity contribution in [3.05, 3.63) is 54.1 Å². The summed E-state index contributed by atoms with van der Waals surface area (Å²) in [6, 6.07) is 15.4. The van der Waals surface area contributed by atoms with Crippen molar-refractivity contribution in [3.8, 4) is 11.5 Å². The van der Waals surface area contributed by atoms with Crippen molar-refractivity contribution in [2.75, 3.05) is 25.1 Å². The summed E-state index contributed by atoms with van der Waals surface area (Å²) in [6.45, 7) is 7.83. The summed E-state index contributed by atoms with van der Waals surface area (Å²) in [4.78, 5) is 12.4. The van der Waals surface area contributed by atoms with Crippen molar-refractivity contribution in [3.63, 3.8) is 0 Å². The molecule has 1 heterocycles. The van der Waals surface area contributed by atoms with Gasteiger partial charge in [-0.25, -0.2) is 0 Å². The number of benzene rings is 2. The van der Waals surface area contributed by atoms with Crippen LogP contribution in [-0.4, -0.2) is 31.8 Å². The third-order valence-corrected chi connectivity index (χ3v) is 5.50. The molecule has 0 aliphatic carbocycles. The molecule has 1 N–H and O–H groups in total. The molecule has 1 atom stereocenters. The molecule has 29 heavy (non-hydrogen) atoms. The first kappa shape index (κ1) is 21.2. The molecule has 5 heteroatoms. The molecule has 1 unspecified atom stereocenters. The molecular weight excluding hydrogens is 366 g/mol. The Bertz CT molecular complexity index is 795. The lowest BCUT2D eigenvalue weighted by atomic mass is 9.82. The number of carbonyl (C=O) groups is 1. The Hall–Kier alpha value is -2.53. The molecule has 1 aliphatic heterocycles. The second-order valence-electron chi connectivity index (χ2n) is 8.04. The van der Waals surface area contributed by atoms with Crippen molar-refractivity contribution in [2.24, 2.45) is 0 Å². The third-order valence-electron chi connectivity index (χ3n) is 5.50. The Morgan fingerprint density at radius 3 is 2.59 bits per heavy atom. The van der Waals surface area contributed by atoms with Crippen LogP contribution in [0.4, 0.5) is 5.69 Å². The molecule has 1 saturated heterocycles. The second-order valence-corrected chi connectivity index (χ2v) is 8.04. The Labute approximate surface area is 173 Å². The zero-order valence-corrected chi connectivity index (χ0v) is 17.6. The highest BCUT2D eigenvalue weighted by atomic mass is 16.5. The van der Waals surface area contributed by atoms with Crippen molar-refractivity contribution in [1.29, 1.82) is 0 Å². The van der Waals surface area contributed by atoms with Gasteiger partial charge in [-0.1, -0.05) is 45.0 Å². The van der Waals surface area contributed by atoms with Crippen LogP contribution in [0.1, 0.15) is 45.6 Å². The third kappa shape index (κ3) is 5.97. The molecule has 0 radical (unpaired) electrons. The van der Waals surface area contributed by atoms with E-state index in [4.69, 9.17) is 14.2 Å². The van der Waals surface area contributed by atoms with Crippen molar-refractivity contribution in [2.45, 2.75) is 51.6 Å². The number of anilines is 1. The van der Waals surface area contributed by atoms with E-state index < -0.39 is 0 Å². The number of carbonyl (C=O) groups excluding carboxylic acids is 1. The normalized spacial score (nSPS) is 16.4. The van der Waals surface area contributed by atoms with E-state index in [9.17, 15) is 4.79 Å². The number of ether oxygens (including phenoxy) is 3. The fraction of sp³-hybridized carbons (Fsp3) is 0.458. The molecule has 1 aliphatic rings. The van der Waals surface area contributed by atoms with Gasteiger partial charge >= 0.3 is 0 Å². The van der Waals surface area contributed by atoms with Crippen LogP contribution in [0.2, 0.25) is 0 Å². The van der Waals surface area contributed by atoms with Gasteiger partial charge in [-0.3, -0.25) is 4.79 Å². The van der Waals surface area contributed by atoms with Crippen LogP contribution >= 0.6 is 0 Å². The molecule has 0 bridgehead atoms. The van der Waals surface area contributed by atoms with Crippen molar-refractivity contribution < 1.29 is 19.0 Å². The zero-order valence-electron chi connectivity index (χ0n) is 17.6. The minimum atomic E-state index is -0.226. The lowest BCUT2D eigenvalue weighted by Gasteiger charge is -2.23. The molecule has 0 spiro atoms. The van der Waals surface area contributed by atoms with E-state index in [2.05, 4.69) is 38.2 Å². The van der Waals surface area contributed by atoms with Crippen LogP contribution in [-0.2, 0) is 14.9 Å². The average molecular weight is 398 g/mol. The van der Waals surface area contributed by atoms with Crippen LogP contribution in [0, 0.1) is 0 Å². The molecule has 2 aromatic rings. The first-order valence-electron chi connectivity index (χ1n) is 10.3. The number of nitrogens with one attached hydrogen (secondary N) is 1. The largest absolute Gasteiger partial charge is 0.489 e. The Balaban J connectivity index is 1.51. The van der Waals surface area contributed by atoms with Gasteiger partial charge in [0, 0.05) is 6.61 Å². The SMILES string of the molecule is CCC(C)(C)c1ccc(OCC(=O)Nc2ccccc2OCC2CCCO2)cc1. The molecular formula is C24H31NO4. The van der Waals surface area contributed by atoms with Crippen molar-refractivity contribution in [1.82, 2.24) is 0 Å². The number of rotatable bonds is 9. The van der Waals surface area contributed by atoms with Crippen LogP contribution in [0.5, 0.6) is 11.5 Å². The van der Waals surface area contributed by atoms with Gasteiger partial charge in [-0.15, -0.1) is 0 Å². The highest BCUT2D eigenvalue weighted by Crippen LogP contribution is 2.28. The monoisotopic (exact) mass is 397 g/mol. The lowest BCUT2D eigenvalue weighted by molar-refractivity contribution is -0.118. The van der Waals surface area contributed by atoms with Gasteiger partial charge in [0.1, 0.15) is 18.1 Å². The minimum Gasteiger partial charge on any atom is -0.489 e. The molecule has 0 aromatic heterocycles. The van der Waals surface area contributed by atoms with E-state index in [1.165, 1.54) is 5.56 Å². The Kier molecular flexibility index (Phi) is 7.15. The van der Waals surface area contributed by atoms with E-state index in [0.29, 0.717) is 23.8 Å². The van der Waals surface area contributed by atoms with Crippen LogP contribution in [0.15, 0.2) is 48.5 Å². The molecule has 156 valence electrons. The summed E-state index contributed by atoms with van der Waals surface area (Å²) in [7, 11) is 0. The maximum absolute atomic E-state index is 12.4.